The molecule has 3 rings (SSSR count). The Morgan fingerprint density at radius 3 is 2.90 bits per heavy atom. The van der Waals surface area contributed by atoms with Gasteiger partial charge in [0.1, 0.15) is 0 Å². The Kier molecular flexibility index (Phi) is 3.81. The molecule has 0 spiro atoms. The van der Waals surface area contributed by atoms with Gasteiger partial charge in [-0.05, 0) is 43.5 Å². The van der Waals surface area contributed by atoms with E-state index in [0.29, 0.717) is 6.42 Å². The van der Waals surface area contributed by atoms with Crippen LogP contribution in [0.25, 0.3) is 0 Å². The highest BCUT2D eigenvalue weighted by Gasteiger charge is 2.29. The van der Waals surface area contributed by atoms with Crippen LogP contribution < -0.4 is 4.90 Å². The Bertz CT molecular complexity index is 637. The van der Waals surface area contributed by atoms with Gasteiger partial charge in [-0.3, -0.25) is 4.79 Å². The number of amides is 1. The maximum Gasteiger partial charge on any atom is 0.227 e. The van der Waals surface area contributed by atoms with E-state index in [9.17, 15) is 4.79 Å². The van der Waals surface area contributed by atoms with Crippen molar-refractivity contribution in [1.82, 2.24) is 0 Å². The Labute approximate surface area is 128 Å². The lowest BCUT2D eigenvalue weighted by Gasteiger charge is -2.22. The summed E-state index contributed by atoms with van der Waals surface area (Å²) in [6.45, 7) is 2.11. The molecule has 1 amide bonds. The molecule has 0 saturated carbocycles. The molecule has 1 aromatic heterocycles. The summed E-state index contributed by atoms with van der Waals surface area (Å²) in [7, 11) is 0. The zero-order chi connectivity index (χ0) is 14.1. The normalized spacial score (nSPS) is 17.3. The molecule has 4 heteroatoms. The molecular weight excluding hydrogens is 290 g/mol. The van der Waals surface area contributed by atoms with Gasteiger partial charge in [0.05, 0.1) is 4.34 Å². The molecule has 104 valence electrons. The standard InChI is InChI=1S/C16H16ClNOS/c1-11-10-12-4-2-3-5-14(12)18(11)16(19)9-7-13-6-8-15(17)20-13/h2-6,8,11H,7,9-10H2,1H3. The van der Waals surface area contributed by atoms with Crippen LogP contribution in [0.2, 0.25) is 4.34 Å². The first-order valence-electron chi connectivity index (χ1n) is 6.79. The number of carbonyl (C=O) groups excluding carboxylic acids is 1. The molecule has 1 unspecified atom stereocenters. The summed E-state index contributed by atoms with van der Waals surface area (Å²) in [6, 6.07) is 12.3. The van der Waals surface area contributed by atoms with Crippen LogP contribution in [-0.2, 0) is 17.6 Å². The van der Waals surface area contributed by atoms with E-state index < -0.39 is 0 Å². The second kappa shape index (κ2) is 5.58. The fourth-order valence-electron chi connectivity index (χ4n) is 2.78. The molecule has 20 heavy (non-hydrogen) atoms. The zero-order valence-electron chi connectivity index (χ0n) is 11.3. The van der Waals surface area contributed by atoms with Crippen LogP contribution >= 0.6 is 22.9 Å². The maximum absolute atomic E-state index is 12.5. The molecule has 0 bridgehead atoms. The number of hydrogen-bond donors (Lipinski definition) is 0. The van der Waals surface area contributed by atoms with Crippen molar-refractivity contribution in [2.24, 2.45) is 0 Å². The number of thiophene rings is 1. The van der Waals surface area contributed by atoms with Gasteiger partial charge in [-0.25, -0.2) is 0 Å². The minimum atomic E-state index is 0.201. The summed E-state index contributed by atoms with van der Waals surface area (Å²) < 4.78 is 0.785. The van der Waals surface area contributed by atoms with E-state index in [1.54, 1.807) is 11.3 Å². The molecule has 1 atom stereocenters. The highest BCUT2D eigenvalue weighted by Crippen LogP contribution is 2.32. The minimum absolute atomic E-state index is 0.201. The first-order chi connectivity index (χ1) is 9.65. The van der Waals surface area contributed by atoms with Gasteiger partial charge in [0.2, 0.25) is 5.91 Å². The van der Waals surface area contributed by atoms with Gasteiger partial charge in [-0.2, -0.15) is 0 Å². The lowest BCUT2D eigenvalue weighted by Crippen LogP contribution is -2.35. The van der Waals surface area contributed by atoms with Gasteiger partial charge in [0.15, 0.2) is 0 Å². The molecule has 0 radical (unpaired) electrons. The first-order valence-corrected chi connectivity index (χ1v) is 7.99. The Balaban J connectivity index is 1.71. The number of hydrogen-bond acceptors (Lipinski definition) is 2. The molecule has 2 nitrogen and oxygen atoms in total. The third-order valence-electron chi connectivity index (χ3n) is 3.69. The molecule has 1 aliphatic rings. The molecule has 0 saturated heterocycles. The van der Waals surface area contributed by atoms with E-state index in [1.165, 1.54) is 10.4 Å². The van der Waals surface area contributed by atoms with Crippen LogP contribution in [-0.4, -0.2) is 11.9 Å². The van der Waals surface area contributed by atoms with Crippen LogP contribution in [0.1, 0.15) is 23.8 Å². The SMILES string of the molecule is CC1Cc2ccccc2N1C(=O)CCc1ccc(Cl)s1. The predicted molar refractivity (Wildman–Crippen MR) is 84.7 cm³/mol. The fourth-order valence-corrected chi connectivity index (χ4v) is 3.87. The Morgan fingerprint density at radius 1 is 1.35 bits per heavy atom. The molecule has 0 aliphatic carbocycles. The average Bonchev–Trinajstić information content (AvgIpc) is 2.98. The van der Waals surface area contributed by atoms with E-state index in [1.807, 2.05) is 35.2 Å². The molecule has 1 aromatic carbocycles. The number of aryl methyl sites for hydroxylation is 1. The molecule has 0 N–H and O–H groups in total. The summed E-state index contributed by atoms with van der Waals surface area (Å²) in [5, 5.41) is 0. The van der Waals surface area contributed by atoms with E-state index >= 15 is 0 Å². The largest absolute Gasteiger partial charge is 0.309 e. The van der Waals surface area contributed by atoms with Crippen molar-refractivity contribution in [2.45, 2.75) is 32.2 Å². The number of benzene rings is 1. The molecule has 1 aliphatic heterocycles. The predicted octanol–water partition coefficient (Wildman–Crippen LogP) is 4.31. The van der Waals surface area contributed by atoms with Gasteiger partial charge < -0.3 is 4.90 Å². The fraction of sp³-hybridized carbons (Fsp3) is 0.312. The van der Waals surface area contributed by atoms with Crippen LogP contribution in [0.4, 0.5) is 5.69 Å². The summed E-state index contributed by atoms with van der Waals surface area (Å²) in [5.41, 5.74) is 2.35. The highest BCUT2D eigenvalue weighted by molar-refractivity contribution is 7.16. The Morgan fingerprint density at radius 2 is 2.15 bits per heavy atom. The van der Waals surface area contributed by atoms with E-state index in [-0.39, 0.29) is 11.9 Å². The van der Waals surface area contributed by atoms with Crippen molar-refractivity contribution in [1.29, 1.82) is 0 Å². The van der Waals surface area contributed by atoms with Crippen LogP contribution in [0.3, 0.4) is 0 Å². The summed E-state index contributed by atoms with van der Waals surface area (Å²) in [5.74, 6) is 0.201. The quantitative estimate of drug-likeness (QED) is 0.827. The van der Waals surface area contributed by atoms with Gasteiger partial charge in [-0.15, -0.1) is 11.3 Å². The van der Waals surface area contributed by atoms with Crippen LogP contribution in [0.5, 0.6) is 0 Å². The molecular formula is C16H16ClNOS. The lowest BCUT2D eigenvalue weighted by atomic mass is 10.1. The van der Waals surface area contributed by atoms with Gasteiger partial charge in [-0.1, -0.05) is 29.8 Å². The number of carbonyl (C=O) groups is 1. The lowest BCUT2D eigenvalue weighted by molar-refractivity contribution is -0.118. The number of halogens is 1. The van der Waals surface area contributed by atoms with Crippen LogP contribution in [0.15, 0.2) is 36.4 Å². The number of anilines is 1. The number of nitrogens with zero attached hydrogens (tertiary/aromatic N) is 1. The third kappa shape index (κ3) is 2.60. The molecule has 0 fully saturated rings. The third-order valence-corrected chi connectivity index (χ3v) is 4.98. The smallest absolute Gasteiger partial charge is 0.227 e. The van der Waals surface area contributed by atoms with Crippen molar-refractivity contribution >= 4 is 34.5 Å². The van der Waals surface area contributed by atoms with E-state index in [4.69, 9.17) is 11.6 Å². The topological polar surface area (TPSA) is 20.3 Å². The average molecular weight is 306 g/mol. The van der Waals surface area contributed by atoms with Gasteiger partial charge in [0.25, 0.3) is 0 Å². The monoisotopic (exact) mass is 305 g/mol. The Hall–Kier alpha value is -1.32. The zero-order valence-corrected chi connectivity index (χ0v) is 12.9. The first kappa shape index (κ1) is 13.7. The molecule has 2 heterocycles. The second-order valence-corrected chi connectivity index (χ2v) is 6.95. The molecule has 2 aromatic rings. The number of fused-ring (bicyclic) bond motifs is 1. The minimum Gasteiger partial charge on any atom is -0.309 e. The highest BCUT2D eigenvalue weighted by atomic mass is 35.5. The second-order valence-electron chi connectivity index (χ2n) is 5.15. The van der Waals surface area contributed by atoms with E-state index in [2.05, 4.69) is 13.0 Å². The van der Waals surface area contributed by atoms with Gasteiger partial charge >= 0.3 is 0 Å². The number of para-hydroxylation sites is 1. The number of rotatable bonds is 3. The summed E-state index contributed by atoms with van der Waals surface area (Å²) >= 11 is 7.47. The maximum atomic E-state index is 12.5. The van der Waals surface area contributed by atoms with Crippen LogP contribution in [0, 0.1) is 0 Å². The van der Waals surface area contributed by atoms with Crippen molar-refractivity contribution in [3.8, 4) is 0 Å². The summed E-state index contributed by atoms with van der Waals surface area (Å²) in [6.07, 6.45) is 2.25. The van der Waals surface area contributed by atoms with Crippen molar-refractivity contribution in [3.05, 3.63) is 51.2 Å². The van der Waals surface area contributed by atoms with Crippen molar-refractivity contribution < 1.29 is 4.79 Å². The van der Waals surface area contributed by atoms with Crippen molar-refractivity contribution in [3.63, 3.8) is 0 Å². The van der Waals surface area contributed by atoms with Gasteiger partial charge in [0, 0.05) is 23.0 Å². The van der Waals surface area contributed by atoms with Crippen molar-refractivity contribution in [2.75, 3.05) is 4.90 Å². The summed E-state index contributed by atoms with van der Waals surface area (Å²) in [4.78, 5) is 15.6. The van der Waals surface area contributed by atoms with E-state index in [0.717, 1.165) is 22.9 Å².